The molecule has 0 unspecified atom stereocenters. The number of pyridine rings is 1. The molecule has 0 amide bonds. The van der Waals surface area contributed by atoms with Gasteiger partial charge in [0, 0.05) is 6.20 Å². The highest BCUT2D eigenvalue weighted by atomic mass is 16.5. The Hall–Kier alpha value is -1.91. The third kappa shape index (κ3) is 2.26. The normalized spacial score (nSPS) is 9.23. The third-order valence-corrected chi connectivity index (χ3v) is 1.38. The number of nitrogens with zero attached hydrogens (tertiary/aromatic N) is 1. The molecule has 0 atom stereocenters. The van der Waals surface area contributed by atoms with E-state index < -0.39 is 5.78 Å². The van der Waals surface area contributed by atoms with E-state index in [2.05, 4.69) is 9.72 Å². The molecule has 1 rings (SSSR count). The lowest BCUT2D eigenvalue weighted by Gasteiger charge is -2.00. The minimum atomic E-state index is -0.466. The van der Waals surface area contributed by atoms with Crippen molar-refractivity contribution in [3.05, 3.63) is 24.0 Å². The lowest BCUT2D eigenvalue weighted by Crippen LogP contribution is -2.08. The average Bonchev–Trinajstić information content (AvgIpc) is 2.15. The minimum Gasteiger partial charge on any atom is -0.506 e. The molecule has 0 aliphatic carbocycles. The van der Waals surface area contributed by atoms with Gasteiger partial charge in [0.1, 0.15) is 5.75 Å². The maximum absolute atomic E-state index is 11.2. The van der Waals surface area contributed by atoms with Crippen LogP contribution < -0.4 is 0 Å². The molecule has 0 radical (unpaired) electrons. The number of hydrogen-bond donors (Lipinski definition) is 1. The van der Waals surface area contributed by atoms with Gasteiger partial charge in [-0.25, -0.2) is 0 Å². The number of carbonyl (C=O) groups excluding carboxylic acids is 2. The van der Waals surface area contributed by atoms with E-state index in [-0.39, 0.29) is 24.4 Å². The Bertz CT molecular complexity index is 324. The molecule has 0 saturated heterocycles. The molecule has 0 aliphatic rings. The molecule has 1 N–H and O–H groups in total. The van der Waals surface area contributed by atoms with Crippen molar-refractivity contribution >= 4 is 12.3 Å². The van der Waals surface area contributed by atoms with Crippen LogP contribution in [0.2, 0.25) is 0 Å². The van der Waals surface area contributed by atoms with E-state index in [9.17, 15) is 9.59 Å². The summed E-state index contributed by atoms with van der Waals surface area (Å²) in [5.74, 6) is -0.686. The minimum absolute atomic E-state index is 0.0943. The smallest absolute Gasteiger partial charge is 0.293 e. The van der Waals surface area contributed by atoms with Gasteiger partial charge >= 0.3 is 0 Å². The second-order valence-corrected chi connectivity index (χ2v) is 2.22. The van der Waals surface area contributed by atoms with Gasteiger partial charge in [0.05, 0.1) is 11.8 Å². The van der Waals surface area contributed by atoms with Crippen molar-refractivity contribution < 1.29 is 19.4 Å². The Morgan fingerprint density at radius 2 is 2.46 bits per heavy atom. The highest BCUT2D eigenvalue weighted by Gasteiger charge is 2.10. The van der Waals surface area contributed by atoms with Gasteiger partial charge < -0.3 is 9.84 Å². The Balaban J connectivity index is 2.76. The van der Waals surface area contributed by atoms with Gasteiger partial charge in [0.2, 0.25) is 5.78 Å². The Morgan fingerprint density at radius 1 is 1.69 bits per heavy atom. The second kappa shape index (κ2) is 4.20. The average molecular weight is 181 g/mol. The molecule has 0 aromatic carbocycles. The number of hydrogen-bond acceptors (Lipinski definition) is 5. The van der Waals surface area contributed by atoms with Gasteiger partial charge in [-0.05, 0) is 6.07 Å². The summed E-state index contributed by atoms with van der Waals surface area (Å²) in [4.78, 5) is 24.5. The fraction of sp³-hybridized carbons (Fsp3) is 0.125. The zero-order valence-corrected chi connectivity index (χ0v) is 6.64. The first-order chi connectivity index (χ1) is 6.25. The lowest BCUT2D eigenvalue weighted by atomic mass is 10.2. The predicted octanol–water partition coefficient (Wildman–Crippen LogP) is 0.143. The number of ether oxygens (including phenoxy) is 1. The van der Waals surface area contributed by atoms with Crippen LogP contribution in [0.5, 0.6) is 5.75 Å². The molecular weight excluding hydrogens is 174 g/mol. The van der Waals surface area contributed by atoms with E-state index in [1.807, 2.05) is 0 Å². The summed E-state index contributed by atoms with van der Waals surface area (Å²) in [6, 6.07) is 1.35. The molecular formula is C8H7NO4. The first-order valence-corrected chi connectivity index (χ1v) is 3.47. The number of aromatic nitrogens is 1. The summed E-state index contributed by atoms with van der Waals surface area (Å²) in [6.45, 7) is -0.197. The molecule has 68 valence electrons. The summed E-state index contributed by atoms with van der Waals surface area (Å²) in [5.41, 5.74) is 0.0943. The first kappa shape index (κ1) is 9.18. The largest absolute Gasteiger partial charge is 0.506 e. The van der Waals surface area contributed by atoms with Crippen LogP contribution >= 0.6 is 0 Å². The standard InChI is InChI=1S/C8H7NO4/c10-5-13-4-8(12)6-1-2-9-3-7(6)11/h1-3,5,11H,4H2. The SMILES string of the molecule is O=COCC(=O)c1ccncc1O. The van der Waals surface area contributed by atoms with Gasteiger partial charge in [-0.3, -0.25) is 14.6 Å². The molecule has 1 heterocycles. The van der Waals surface area contributed by atoms with E-state index in [0.717, 1.165) is 6.20 Å². The molecule has 0 spiro atoms. The van der Waals surface area contributed by atoms with Crippen LogP contribution in [-0.2, 0) is 9.53 Å². The van der Waals surface area contributed by atoms with Crippen molar-refractivity contribution in [2.75, 3.05) is 6.61 Å². The van der Waals surface area contributed by atoms with Crippen LogP contribution in [0, 0.1) is 0 Å². The lowest BCUT2D eigenvalue weighted by molar-refractivity contribution is -0.127. The van der Waals surface area contributed by atoms with Crippen molar-refractivity contribution in [3.8, 4) is 5.75 Å². The van der Waals surface area contributed by atoms with Crippen LogP contribution in [-0.4, -0.2) is 29.0 Å². The van der Waals surface area contributed by atoms with Crippen molar-refractivity contribution in [1.82, 2.24) is 4.98 Å². The Morgan fingerprint density at radius 3 is 3.08 bits per heavy atom. The van der Waals surface area contributed by atoms with Gasteiger partial charge in [0.15, 0.2) is 6.61 Å². The number of ketones is 1. The van der Waals surface area contributed by atoms with Gasteiger partial charge in [-0.1, -0.05) is 0 Å². The third-order valence-electron chi connectivity index (χ3n) is 1.38. The molecule has 5 heteroatoms. The van der Waals surface area contributed by atoms with Crippen molar-refractivity contribution in [3.63, 3.8) is 0 Å². The number of Topliss-reactive ketones (excluding diaryl/α,β-unsaturated/α-hetero) is 1. The van der Waals surface area contributed by atoms with E-state index in [1.54, 1.807) is 0 Å². The van der Waals surface area contributed by atoms with Crippen LogP contribution in [0.1, 0.15) is 10.4 Å². The van der Waals surface area contributed by atoms with Gasteiger partial charge in [-0.2, -0.15) is 0 Å². The molecule has 0 fully saturated rings. The van der Waals surface area contributed by atoms with E-state index in [1.165, 1.54) is 12.3 Å². The molecule has 13 heavy (non-hydrogen) atoms. The fourth-order valence-electron chi connectivity index (χ4n) is 0.809. The van der Waals surface area contributed by atoms with Crippen LogP contribution in [0.4, 0.5) is 0 Å². The second-order valence-electron chi connectivity index (χ2n) is 2.22. The van der Waals surface area contributed by atoms with E-state index >= 15 is 0 Å². The van der Waals surface area contributed by atoms with Gasteiger partial charge in [0.25, 0.3) is 6.47 Å². The predicted molar refractivity (Wildman–Crippen MR) is 42.2 cm³/mol. The van der Waals surface area contributed by atoms with Crippen molar-refractivity contribution in [2.45, 2.75) is 0 Å². The highest BCUT2D eigenvalue weighted by Crippen LogP contribution is 2.14. The maximum Gasteiger partial charge on any atom is 0.293 e. The van der Waals surface area contributed by atoms with Crippen LogP contribution in [0.3, 0.4) is 0 Å². The first-order valence-electron chi connectivity index (χ1n) is 3.47. The molecule has 1 aromatic rings. The van der Waals surface area contributed by atoms with E-state index in [0.29, 0.717) is 0 Å². The zero-order chi connectivity index (χ0) is 9.68. The maximum atomic E-state index is 11.2. The van der Waals surface area contributed by atoms with Crippen molar-refractivity contribution in [1.29, 1.82) is 0 Å². The van der Waals surface area contributed by atoms with Crippen LogP contribution in [0.15, 0.2) is 18.5 Å². The molecule has 0 aliphatic heterocycles. The quantitative estimate of drug-likeness (QED) is 0.528. The summed E-state index contributed by atoms with van der Waals surface area (Å²) >= 11 is 0. The molecule has 0 saturated carbocycles. The number of aromatic hydroxyl groups is 1. The van der Waals surface area contributed by atoms with Crippen LogP contribution in [0.25, 0.3) is 0 Å². The topological polar surface area (TPSA) is 76.5 Å². The summed E-state index contributed by atoms with van der Waals surface area (Å²) in [7, 11) is 0. The van der Waals surface area contributed by atoms with Gasteiger partial charge in [-0.15, -0.1) is 0 Å². The number of carbonyl (C=O) groups is 2. The summed E-state index contributed by atoms with van der Waals surface area (Å²) < 4.78 is 4.24. The summed E-state index contributed by atoms with van der Waals surface area (Å²) in [6.07, 6.45) is 2.52. The molecule has 1 aromatic heterocycles. The highest BCUT2D eigenvalue weighted by molar-refractivity contribution is 5.99. The zero-order valence-electron chi connectivity index (χ0n) is 6.64. The Labute approximate surface area is 74.0 Å². The summed E-state index contributed by atoms with van der Waals surface area (Å²) in [5, 5.41) is 9.15. The number of rotatable bonds is 4. The molecule has 5 nitrogen and oxygen atoms in total. The fourth-order valence-corrected chi connectivity index (χ4v) is 0.809. The monoisotopic (exact) mass is 181 g/mol. The van der Waals surface area contributed by atoms with Crippen molar-refractivity contribution in [2.24, 2.45) is 0 Å². The Kier molecular flexibility index (Phi) is 2.97. The molecule has 0 bridgehead atoms. The van der Waals surface area contributed by atoms with E-state index in [4.69, 9.17) is 5.11 Å².